The normalized spacial score (nSPS) is 25.1. The van der Waals surface area contributed by atoms with Crippen molar-refractivity contribution in [2.45, 2.75) is 97.0 Å². The van der Waals surface area contributed by atoms with Gasteiger partial charge in [0.25, 0.3) is 0 Å². The van der Waals surface area contributed by atoms with E-state index in [1.54, 1.807) is 0 Å². The summed E-state index contributed by atoms with van der Waals surface area (Å²) in [5.41, 5.74) is 0.768. The van der Waals surface area contributed by atoms with E-state index in [1.807, 2.05) is 19.1 Å². The Hall–Kier alpha value is -0.560. The molecule has 0 radical (unpaired) electrons. The van der Waals surface area contributed by atoms with Crippen LogP contribution in [0.25, 0.3) is 0 Å². The molecular formula is C20H36O. The minimum Gasteiger partial charge on any atom is -0.385 e. The van der Waals surface area contributed by atoms with Crippen molar-refractivity contribution in [2.75, 3.05) is 0 Å². The van der Waals surface area contributed by atoms with Gasteiger partial charge in [0.05, 0.1) is 5.60 Å². The first kappa shape index (κ1) is 18.5. The number of unbranched alkanes of at least 4 members (excludes halogenated alkanes) is 9. The van der Waals surface area contributed by atoms with Crippen LogP contribution in [0.4, 0.5) is 0 Å². The van der Waals surface area contributed by atoms with E-state index in [0.717, 1.165) is 6.42 Å². The van der Waals surface area contributed by atoms with Crippen LogP contribution in [0.2, 0.25) is 0 Å². The first-order valence-electron chi connectivity index (χ1n) is 9.18. The summed E-state index contributed by atoms with van der Waals surface area (Å²) in [6.07, 6.45) is 21.1. The minimum atomic E-state index is -0.650. The molecule has 1 aliphatic carbocycles. The Morgan fingerprint density at radius 2 is 1.48 bits per heavy atom. The average molecular weight is 293 g/mol. The monoisotopic (exact) mass is 292 g/mol. The highest BCUT2D eigenvalue weighted by Gasteiger charge is 2.29. The zero-order chi connectivity index (χ0) is 15.6. The molecule has 2 atom stereocenters. The SMILES string of the molecule is CCCCCCCCCCCCC1=CC=CC(C)(O)C1C. The lowest BCUT2D eigenvalue weighted by Crippen LogP contribution is -2.33. The summed E-state index contributed by atoms with van der Waals surface area (Å²) in [5.74, 6) is 0.265. The van der Waals surface area contributed by atoms with Crippen molar-refractivity contribution in [1.82, 2.24) is 0 Å². The number of hydrogen-bond acceptors (Lipinski definition) is 1. The van der Waals surface area contributed by atoms with Crippen LogP contribution in [0.3, 0.4) is 0 Å². The van der Waals surface area contributed by atoms with E-state index in [2.05, 4.69) is 19.9 Å². The largest absolute Gasteiger partial charge is 0.385 e. The first-order chi connectivity index (χ1) is 10.1. The van der Waals surface area contributed by atoms with Crippen molar-refractivity contribution in [3.8, 4) is 0 Å². The fraction of sp³-hybridized carbons (Fsp3) is 0.800. The van der Waals surface area contributed by atoms with Gasteiger partial charge < -0.3 is 5.11 Å². The van der Waals surface area contributed by atoms with Crippen LogP contribution >= 0.6 is 0 Å². The van der Waals surface area contributed by atoms with E-state index in [-0.39, 0.29) is 5.92 Å². The molecule has 0 amide bonds. The fourth-order valence-corrected chi connectivity index (χ4v) is 3.15. The molecule has 0 saturated heterocycles. The molecule has 0 aromatic rings. The van der Waals surface area contributed by atoms with Crippen LogP contribution in [-0.4, -0.2) is 10.7 Å². The molecule has 0 bridgehead atoms. The van der Waals surface area contributed by atoms with Gasteiger partial charge in [-0.15, -0.1) is 0 Å². The minimum absolute atomic E-state index is 0.265. The Morgan fingerprint density at radius 3 is 2.05 bits per heavy atom. The van der Waals surface area contributed by atoms with Crippen molar-refractivity contribution < 1.29 is 5.11 Å². The second-order valence-corrected chi connectivity index (χ2v) is 6.98. The van der Waals surface area contributed by atoms with E-state index in [1.165, 1.54) is 69.8 Å². The molecule has 122 valence electrons. The van der Waals surface area contributed by atoms with E-state index in [9.17, 15) is 5.11 Å². The summed E-state index contributed by atoms with van der Waals surface area (Å²) in [5, 5.41) is 10.2. The maximum atomic E-state index is 10.2. The lowest BCUT2D eigenvalue weighted by atomic mass is 9.79. The zero-order valence-electron chi connectivity index (χ0n) is 14.5. The van der Waals surface area contributed by atoms with Gasteiger partial charge in [0, 0.05) is 5.92 Å². The van der Waals surface area contributed by atoms with Crippen LogP contribution < -0.4 is 0 Å². The molecule has 1 rings (SSSR count). The van der Waals surface area contributed by atoms with E-state index in [4.69, 9.17) is 0 Å². The van der Waals surface area contributed by atoms with Crippen molar-refractivity contribution in [3.05, 3.63) is 23.8 Å². The molecule has 0 aromatic carbocycles. The molecule has 2 unspecified atom stereocenters. The molecule has 1 nitrogen and oxygen atoms in total. The lowest BCUT2D eigenvalue weighted by molar-refractivity contribution is 0.0665. The van der Waals surface area contributed by atoms with Crippen LogP contribution in [0.1, 0.15) is 91.4 Å². The predicted molar refractivity (Wildman–Crippen MR) is 93.5 cm³/mol. The van der Waals surface area contributed by atoms with E-state index < -0.39 is 5.60 Å². The van der Waals surface area contributed by atoms with Gasteiger partial charge in [-0.05, 0) is 19.8 Å². The highest BCUT2D eigenvalue weighted by molar-refractivity contribution is 5.27. The summed E-state index contributed by atoms with van der Waals surface area (Å²) < 4.78 is 0. The third-order valence-electron chi connectivity index (χ3n) is 5.00. The van der Waals surface area contributed by atoms with Gasteiger partial charge in [-0.25, -0.2) is 0 Å². The summed E-state index contributed by atoms with van der Waals surface area (Å²) in [7, 11) is 0. The summed E-state index contributed by atoms with van der Waals surface area (Å²) >= 11 is 0. The average Bonchev–Trinajstić information content (AvgIpc) is 2.45. The smallest absolute Gasteiger partial charge is 0.0865 e. The fourth-order valence-electron chi connectivity index (χ4n) is 3.15. The molecule has 0 aromatic heterocycles. The van der Waals surface area contributed by atoms with Gasteiger partial charge in [0.1, 0.15) is 0 Å². The zero-order valence-corrected chi connectivity index (χ0v) is 14.5. The molecule has 0 saturated carbocycles. The van der Waals surface area contributed by atoms with Crippen LogP contribution in [0.15, 0.2) is 23.8 Å². The molecule has 1 heteroatoms. The molecule has 0 spiro atoms. The summed E-state index contributed by atoms with van der Waals surface area (Å²) in [4.78, 5) is 0. The van der Waals surface area contributed by atoms with Crippen LogP contribution in [-0.2, 0) is 0 Å². The standard InChI is InChI=1S/C20H36O/c1-4-5-6-7-8-9-10-11-12-13-15-19-16-14-17-20(3,21)18(19)2/h14,16-18,21H,4-13,15H2,1-3H3. The van der Waals surface area contributed by atoms with Crippen molar-refractivity contribution in [1.29, 1.82) is 0 Å². The molecular weight excluding hydrogens is 256 g/mol. The molecule has 1 N–H and O–H groups in total. The summed E-state index contributed by atoms with van der Waals surface area (Å²) in [6, 6.07) is 0. The van der Waals surface area contributed by atoms with Crippen molar-refractivity contribution >= 4 is 0 Å². The quantitative estimate of drug-likeness (QED) is 0.451. The first-order valence-corrected chi connectivity index (χ1v) is 9.18. The third-order valence-corrected chi connectivity index (χ3v) is 5.00. The number of allylic oxidation sites excluding steroid dienone is 2. The van der Waals surface area contributed by atoms with Gasteiger partial charge >= 0.3 is 0 Å². The Bertz CT molecular complexity index is 325. The van der Waals surface area contributed by atoms with E-state index in [0.29, 0.717) is 0 Å². The van der Waals surface area contributed by atoms with Gasteiger partial charge in [0.2, 0.25) is 0 Å². The maximum Gasteiger partial charge on any atom is 0.0865 e. The van der Waals surface area contributed by atoms with Crippen LogP contribution in [0.5, 0.6) is 0 Å². The maximum absolute atomic E-state index is 10.2. The van der Waals surface area contributed by atoms with Gasteiger partial charge in [-0.3, -0.25) is 0 Å². The van der Waals surface area contributed by atoms with E-state index >= 15 is 0 Å². The van der Waals surface area contributed by atoms with Gasteiger partial charge in [0.15, 0.2) is 0 Å². The topological polar surface area (TPSA) is 20.2 Å². The second kappa shape index (κ2) is 10.2. The Labute approximate surface area is 132 Å². The Kier molecular flexibility index (Phi) is 8.99. The number of hydrogen-bond donors (Lipinski definition) is 1. The van der Waals surface area contributed by atoms with Crippen molar-refractivity contribution in [2.24, 2.45) is 5.92 Å². The highest BCUT2D eigenvalue weighted by atomic mass is 16.3. The molecule has 1 aliphatic rings. The number of aliphatic hydroxyl groups is 1. The predicted octanol–water partition coefficient (Wildman–Crippen LogP) is 6.18. The van der Waals surface area contributed by atoms with Gasteiger partial charge in [-0.2, -0.15) is 0 Å². The molecule has 0 heterocycles. The molecule has 21 heavy (non-hydrogen) atoms. The second-order valence-electron chi connectivity index (χ2n) is 6.98. The molecule has 0 aliphatic heterocycles. The third kappa shape index (κ3) is 7.31. The Morgan fingerprint density at radius 1 is 0.952 bits per heavy atom. The highest BCUT2D eigenvalue weighted by Crippen LogP contribution is 2.32. The van der Waals surface area contributed by atoms with Crippen molar-refractivity contribution in [3.63, 3.8) is 0 Å². The number of rotatable bonds is 11. The van der Waals surface area contributed by atoms with Crippen LogP contribution in [0, 0.1) is 5.92 Å². The van der Waals surface area contributed by atoms with Gasteiger partial charge in [-0.1, -0.05) is 95.4 Å². The lowest BCUT2D eigenvalue weighted by Gasteiger charge is -2.32. The summed E-state index contributed by atoms with van der Waals surface area (Å²) in [6.45, 7) is 6.34. The molecule has 0 fully saturated rings. The Balaban J connectivity index is 2.00.